The molecule has 1 aromatic carbocycles. The van der Waals surface area contributed by atoms with E-state index in [1.165, 1.54) is 29.6 Å². The molecule has 2 atom stereocenters. The molecule has 1 fully saturated rings. The number of cyclic esters (lactones) is 1. The van der Waals surface area contributed by atoms with Gasteiger partial charge in [0.25, 0.3) is 5.69 Å². The minimum absolute atomic E-state index is 0.0197. The van der Waals surface area contributed by atoms with Crippen LogP contribution in [0.15, 0.2) is 33.1 Å². The molecule has 0 aromatic heterocycles. The second-order valence-corrected chi connectivity index (χ2v) is 6.50. The highest BCUT2D eigenvalue weighted by Crippen LogP contribution is 2.42. The molecule has 2 aliphatic rings. The van der Waals surface area contributed by atoms with Gasteiger partial charge in [0.1, 0.15) is 12.5 Å². The molecule has 1 aromatic rings. The standard InChI is InChI=1S/C14H13N3O4S2/c1-22-12-7(4-3-5-9(12)17(19)20)11-10-8(6-21-13(10)18)15-14(16-11)23-2/h3-5,10-11H,6H2,1-2H3. The molecule has 1 saturated heterocycles. The number of carbonyl (C=O) groups excluding carboxylic acids is 1. The van der Waals surface area contributed by atoms with Gasteiger partial charge in [0.05, 0.1) is 21.6 Å². The predicted octanol–water partition coefficient (Wildman–Crippen LogP) is 2.70. The molecular formula is C14H13N3O4S2. The Labute approximate surface area is 140 Å². The summed E-state index contributed by atoms with van der Waals surface area (Å²) in [7, 11) is 0. The van der Waals surface area contributed by atoms with Gasteiger partial charge in [-0.15, -0.1) is 11.8 Å². The molecule has 2 aliphatic heterocycles. The zero-order valence-electron chi connectivity index (χ0n) is 12.4. The van der Waals surface area contributed by atoms with Crippen LogP contribution in [0.3, 0.4) is 0 Å². The van der Waals surface area contributed by atoms with E-state index in [4.69, 9.17) is 4.74 Å². The fourth-order valence-corrected chi connectivity index (χ4v) is 3.91. The van der Waals surface area contributed by atoms with Crippen molar-refractivity contribution in [3.05, 3.63) is 33.9 Å². The minimum Gasteiger partial charge on any atom is -0.459 e. The van der Waals surface area contributed by atoms with Crippen LogP contribution in [0.2, 0.25) is 0 Å². The number of carbonyl (C=O) groups is 1. The van der Waals surface area contributed by atoms with E-state index >= 15 is 0 Å². The molecule has 2 heterocycles. The highest BCUT2D eigenvalue weighted by atomic mass is 32.2. The van der Waals surface area contributed by atoms with E-state index in [1.807, 2.05) is 6.26 Å². The Morgan fingerprint density at radius 3 is 2.78 bits per heavy atom. The zero-order valence-corrected chi connectivity index (χ0v) is 14.0. The van der Waals surface area contributed by atoms with Crippen molar-refractivity contribution in [2.75, 3.05) is 19.1 Å². The van der Waals surface area contributed by atoms with Crippen molar-refractivity contribution >= 4 is 46.1 Å². The van der Waals surface area contributed by atoms with Crippen molar-refractivity contribution in [1.82, 2.24) is 0 Å². The van der Waals surface area contributed by atoms with Crippen molar-refractivity contribution in [3.8, 4) is 0 Å². The van der Waals surface area contributed by atoms with E-state index in [2.05, 4.69) is 9.98 Å². The summed E-state index contributed by atoms with van der Waals surface area (Å²) >= 11 is 2.65. The van der Waals surface area contributed by atoms with Crippen LogP contribution in [0.25, 0.3) is 0 Å². The first-order valence-electron chi connectivity index (χ1n) is 6.74. The Morgan fingerprint density at radius 1 is 1.35 bits per heavy atom. The summed E-state index contributed by atoms with van der Waals surface area (Å²) in [5.41, 5.74) is 1.32. The highest BCUT2D eigenvalue weighted by Gasteiger charge is 2.44. The lowest BCUT2D eigenvalue weighted by Crippen LogP contribution is -2.28. The molecule has 0 spiro atoms. The van der Waals surface area contributed by atoms with Crippen LogP contribution in [0.1, 0.15) is 11.6 Å². The molecule has 7 nitrogen and oxygen atoms in total. The molecule has 0 saturated carbocycles. The summed E-state index contributed by atoms with van der Waals surface area (Å²) in [6.45, 7) is 0.156. The molecule has 0 radical (unpaired) electrons. The lowest BCUT2D eigenvalue weighted by molar-refractivity contribution is -0.387. The van der Waals surface area contributed by atoms with Gasteiger partial charge >= 0.3 is 5.97 Å². The van der Waals surface area contributed by atoms with E-state index in [1.54, 1.807) is 18.4 Å². The number of aliphatic imine (C=N–C) groups is 2. The Bertz CT molecular complexity index is 748. The Hall–Kier alpha value is -1.87. The van der Waals surface area contributed by atoms with Crippen LogP contribution in [-0.2, 0) is 9.53 Å². The molecule has 9 heteroatoms. The van der Waals surface area contributed by atoms with Gasteiger partial charge in [-0.25, -0.2) is 4.99 Å². The average molecular weight is 351 g/mol. The number of esters is 1. The maximum absolute atomic E-state index is 12.1. The van der Waals surface area contributed by atoms with Crippen LogP contribution in [0.4, 0.5) is 5.69 Å². The van der Waals surface area contributed by atoms with Gasteiger partial charge in [-0.05, 0) is 18.1 Å². The smallest absolute Gasteiger partial charge is 0.317 e. The fourth-order valence-electron chi connectivity index (χ4n) is 2.71. The predicted molar refractivity (Wildman–Crippen MR) is 90.5 cm³/mol. The molecule has 0 amide bonds. The molecule has 23 heavy (non-hydrogen) atoms. The van der Waals surface area contributed by atoms with Gasteiger partial charge in [0.15, 0.2) is 5.17 Å². The molecular weight excluding hydrogens is 338 g/mol. The summed E-state index contributed by atoms with van der Waals surface area (Å²) in [4.78, 5) is 32.3. The third-order valence-corrected chi connectivity index (χ3v) is 5.12. The normalized spacial score (nSPS) is 23.0. The second kappa shape index (κ2) is 6.32. The number of nitro groups is 1. The van der Waals surface area contributed by atoms with Crippen LogP contribution >= 0.6 is 23.5 Å². The zero-order chi connectivity index (χ0) is 16.6. The summed E-state index contributed by atoms with van der Waals surface area (Å²) in [6.07, 6.45) is 3.62. The first-order valence-corrected chi connectivity index (χ1v) is 9.19. The average Bonchev–Trinajstić information content (AvgIpc) is 2.94. The van der Waals surface area contributed by atoms with E-state index in [0.717, 1.165) is 0 Å². The van der Waals surface area contributed by atoms with Crippen molar-refractivity contribution in [2.45, 2.75) is 10.9 Å². The lowest BCUT2D eigenvalue weighted by Gasteiger charge is -2.23. The maximum atomic E-state index is 12.1. The number of rotatable bonds is 3. The summed E-state index contributed by atoms with van der Waals surface area (Å²) in [6, 6.07) is 4.31. The van der Waals surface area contributed by atoms with Crippen molar-refractivity contribution in [1.29, 1.82) is 0 Å². The maximum Gasteiger partial charge on any atom is 0.317 e. The molecule has 3 rings (SSSR count). The number of thioether (sulfide) groups is 2. The number of benzene rings is 1. The lowest BCUT2D eigenvalue weighted by atomic mass is 9.90. The highest BCUT2D eigenvalue weighted by molar-refractivity contribution is 8.13. The fraction of sp³-hybridized carbons (Fsp3) is 0.357. The molecule has 120 valence electrons. The minimum atomic E-state index is -0.598. The van der Waals surface area contributed by atoms with Gasteiger partial charge in [-0.2, -0.15) is 0 Å². The van der Waals surface area contributed by atoms with Crippen LogP contribution in [0, 0.1) is 16.0 Å². The van der Waals surface area contributed by atoms with Gasteiger partial charge in [-0.3, -0.25) is 19.9 Å². The van der Waals surface area contributed by atoms with Gasteiger partial charge in [0, 0.05) is 6.07 Å². The number of fused-ring (bicyclic) bond motifs is 1. The number of nitro benzene ring substituents is 1. The Kier molecular flexibility index (Phi) is 4.40. The van der Waals surface area contributed by atoms with E-state index in [9.17, 15) is 14.9 Å². The van der Waals surface area contributed by atoms with Crippen molar-refractivity contribution in [3.63, 3.8) is 0 Å². The first-order chi connectivity index (χ1) is 11.1. The van der Waals surface area contributed by atoms with E-state index < -0.39 is 16.9 Å². The number of hydrogen-bond acceptors (Lipinski definition) is 8. The largest absolute Gasteiger partial charge is 0.459 e. The van der Waals surface area contributed by atoms with Crippen molar-refractivity contribution < 1.29 is 14.5 Å². The third kappa shape index (κ3) is 2.74. The molecule has 0 aliphatic carbocycles. The topological polar surface area (TPSA) is 94.2 Å². The first kappa shape index (κ1) is 16.0. The molecule has 2 unspecified atom stereocenters. The molecule has 0 N–H and O–H groups in total. The number of ether oxygens (including phenoxy) is 1. The van der Waals surface area contributed by atoms with Crippen LogP contribution in [-0.4, -0.2) is 40.9 Å². The quantitative estimate of drug-likeness (QED) is 0.360. The monoisotopic (exact) mass is 351 g/mol. The summed E-state index contributed by atoms with van der Waals surface area (Å²) < 4.78 is 5.10. The Morgan fingerprint density at radius 2 is 2.13 bits per heavy atom. The van der Waals surface area contributed by atoms with Gasteiger partial charge < -0.3 is 4.74 Å². The van der Waals surface area contributed by atoms with Crippen molar-refractivity contribution in [2.24, 2.45) is 15.9 Å². The third-order valence-electron chi connectivity index (χ3n) is 3.71. The summed E-state index contributed by atoms with van der Waals surface area (Å²) in [5.74, 6) is -0.977. The van der Waals surface area contributed by atoms with Crippen LogP contribution < -0.4 is 0 Å². The Balaban J connectivity index is 2.15. The SMILES string of the molecule is CSC1=NC(c2cccc([N+](=O)[O-])c2SC)C2C(=O)OCC2=N1. The van der Waals surface area contributed by atoms with Gasteiger partial charge in [0.2, 0.25) is 0 Å². The second-order valence-electron chi connectivity index (χ2n) is 4.91. The number of amidine groups is 1. The molecule has 0 bridgehead atoms. The summed E-state index contributed by atoms with van der Waals surface area (Å²) in [5, 5.41) is 11.8. The number of nitrogens with zero attached hydrogens (tertiary/aromatic N) is 3. The van der Waals surface area contributed by atoms with Gasteiger partial charge in [-0.1, -0.05) is 23.9 Å². The van der Waals surface area contributed by atoms with E-state index in [0.29, 0.717) is 21.3 Å². The van der Waals surface area contributed by atoms with E-state index in [-0.39, 0.29) is 18.3 Å². The van der Waals surface area contributed by atoms with Crippen LogP contribution in [0.5, 0.6) is 0 Å². The number of hydrogen-bond donors (Lipinski definition) is 0.